The van der Waals surface area contributed by atoms with Crippen LogP contribution in [-0.2, 0) is 5.88 Å². The summed E-state index contributed by atoms with van der Waals surface area (Å²) in [4.78, 5) is 10.8. The zero-order valence-corrected chi connectivity index (χ0v) is 8.73. The quantitative estimate of drug-likeness (QED) is 0.631. The molecule has 2 aromatic rings. The number of hydrogen-bond donors (Lipinski definition) is 1. The molecule has 0 saturated heterocycles. The Kier molecular flexibility index (Phi) is 2.44. The van der Waals surface area contributed by atoms with Gasteiger partial charge in [-0.1, -0.05) is 0 Å². The molecular weight excluding hydrogens is 220 g/mol. The number of thiophene rings is 1. The highest BCUT2D eigenvalue weighted by Crippen LogP contribution is 2.35. The largest absolute Gasteiger partial charge is 0.506 e. The molecule has 14 heavy (non-hydrogen) atoms. The molecular formula is C10H7ClO2S. The highest BCUT2D eigenvalue weighted by Gasteiger charge is 2.10. The monoisotopic (exact) mass is 226 g/mol. The minimum absolute atomic E-state index is 0.201. The molecule has 0 amide bonds. The Hall–Kier alpha value is -1.06. The van der Waals surface area contributed by atoms with Crippen LogP contribution in [0.3, 0.4) is 0 Å². The Labute approximate surface area is 89.7 Å². The van der Waals surface area contributed by atoms with Crippen LogP contribution in [-0.4, -0.2) is 11.4 Å². The van der Waals surface area contributed by atoms with Crippen LogP contribution in [0.1, 0.15) is 15.9 Å². The number of alkyl halides is 1. The number of hydrogen-bond acceptors (Lipinski definition) is 3. The lowest BCUT2D eigenvalue weighted by atomic mass is 10.1. The zero-order valence-electron chi connectivity index (χ0n) is 7.16. The number of aldehydes is 1. The minimum atomic E-state index is 0.201. The van der Waals surface area contributed by atoms with Gasteiger partial charge in [-0.05, 0) is 23.1 Å². The predicted octanol–water partition coefficient (Wildman–Crippen LogP) is 3.16. The first kappa shape index (κ1) is 9.49. The van der Waals surface area contributed by atoms with Gasteiger partial charge in [0, 0.05) is 16.8 Å². The van der Waals surface area contributed by atoms with Gasteiger partial charge in [0.15, 0.2) is 6.29 Å². The second-order valence-corrected chi connectivity index (χ2v) is 4.04. The second kappa shape index (κ2) is 3.59. The van der Waals surface area contributed by atoms with E-state index < -0.39 is 0 Å². The second-order valence-electron chi connectivity index (χ2n) is 2.89. The van der Waals surface area contributed by atoms with Crippen molar-refractivity contribution in [3.05, 3.63) is 28.6 Å². The van der Waals surface area contributed by atoms with E-state index >= 15 is 0 Å². The number of halogens is 1. The van der Waals surface area contributed by atoms with Crippen molar-refractivity contribution >= 4 is 39.3 Å². The summed E-state index contributed by atoms with van der Waals surface area (Å²) >= 11 is 7.14. The molecule has 0 radical (unpaired) electrons. The summed E-state index contributed by atoms with van der Waals surface area (Å²) in [7, 11) is 0. The van der Waals surface area contributed by atoms with Crippen molar-refractivity contribution in [1.82, 2.24) is 0 Å². The molecule has 0 bridgehead atoms. The first-order valence-corrected chi connectivity index (χ1v) is 5.42. The van der Waals surface area contributed by atoms with E-state index in [0.29, 0.717) is 11.4 Å². The molecule has 0 aliphatic rings. The third-order valence-corrected chi connectivity index (χ3v) is 3.42. The van der Waals surface area contributed by atoms with Crippen LogP contribution < -0.4 is 0 Å². The molecule has 0 aliphatic carbocycles. The first-order valence-electron chi connectivity index (χ1n) is 4.01. The highest BCUT2D eigenvalue weighted by atomic mass is 35.5. The Morgan fingerprint density at radius 1 is 1.50 bits per heavy atom. The number of aromatic hydroxyl groups is 1. The van der Waals surface area contributed by atoms with Crippen LogP contribution in [0.4, 0.5) is 0 Å². The van der Waals surface area contributed by atoms with Crippen molar-refractivity contribution in [3.8, 4) is 5.75 Å². The van der Waals surface area contributed by atoms with Crippen LogP contribution in [0.5, 0.6) is 5.75 Å². The molecule has 0 atom stereocenters. The Morgan fingerprint density at radius 3 is 2.93 bits per heavy atom. The minimum Gasteiger partial charge on any atom is -0.506 e. The lowest BCUT2D eigenvalue weighted by Gasteiger charge is -1.99. The Balaban J connectivity index is 2.88. The van der Waals surface area contributed by atoms with Gasteiger partial charge in [-0.3, -0.25) is 4.79 Å². The molecule has 1 heterocycles. The fourth-order valence-corrected chi connectivity index (χ4v) is 2.74. The molecule has 0 fully saturated rings. The molecule has 1 aromatic heterocycles. The van der Waals surface area contributed by atoms with E-state index in [0.717, 1.165) is 21.9 Å². The number of benzene rings is 1. The molecule has 1 N–H and O–H groups in total. The molecule has 0 unspecified atom stereocenters. The van der Waals surface area contributed by atoms with Gasteiger partial charge in [0.2, 0.25) is 0 Å². The highest BCUT2D eigenvalue weighted by molar-refractivity contribution is 7.17. The first-order chi connectivity index (χ1) is 6.77. The zero-order chi connectivity index (χ0) is 10.1. The Bertz CT molecular complexity index is 490. The fourth-order valence-electron chi connectivity index (χ4n) is 1.42. The summed E-state index contributed by atoms with van der Waals surface area (Å²) in [6, 6.07) is 3.13. The number of carbonyl (C=O) groups is 1. The number of rotatable bonds is 2. The van der Waals surface area contributed by atoms with E-state index in [9.17, 15) is 9.90 Å². The van der Waals surface area contributed by atoms with Crippen molar-refractivity contribution in [2.45, 2.75) is 5.88 Å². The summed E-state index contributed by atoms with van der Waals surface area (Å²) in [6.07, 6.45) is 0.782. The van der Waals surface area contributed by atoms with E-state index in [1.54, 1.807) is 6.07 Å². The maximum atomic E-state index is 10.8. The number of fused-ring (bicyclic) bond motifs is 1. The van der Waals surface area contributed by atoms with E-state index in [-0.39, 0.29) is 5.75 Å². The summed E-state index contributed by atoms with van der Waals surface area (Å²) in [5, 5.41) is 12.2. The topological polar surface area (TPSA) is 37.3 Å². The molecule has 0 spiro atoms. The summed E-state index contributed by atoms with van der Waals surface area (Å²) < 4.78 is 0.727. The summed E-state index contributed by atoms with van der Waals surface area (Å²) in [5.74, 6) is 0.552. The number of carbonyl (C=O) groups excluding carboxylic acids is 1. The molecule has 0 aliphatic heterocycles. The van der Waals surface area contributed by atoms with Crippen LogP contribution in [0, 0.1) is 0 Å². The van der Waals surface area contributed by atoms with Gasteiger partial charge in [-0.15, -0.1) is 22.9 Å². The standard InChI is InChI=1S/C10H7ClO2S/c11-3-7-5-14-10-8(13)2-1-6(4-12)9(7)10/h1-2,4-5,13H,3H2. The smallest absolute Gasteiger partial charge is 0.150 e. The van der Waals surface area contributed by atoms with E-state index in [1.165, 1.54) is 17.4 Å². The maximum absolute atomic E-state index is 10.8. The van der Waals surface area contributed by atoms with Crippen molar-refractivity contribution < 1.29 is 9.90 Å². The van der Waals surface area contributed by atoms with E-state index in [2.05, 4.69) is 0 Å². The van der Waals surface area contributed by atoms with Crippen LogP contribution in [0.2, 0.25) is 0 Å². The molecule has 0 saturated carbocycles. The Morgan fingerprint density at radius 2 is 2.29 bits per heavy atom. The molecule has 4 heteroatoms. The van der Waals surface area contributed by atoms with Crippen molar-refractivity contribution in [3.63, 3.8) is 0 Å². The van der Waals surface area contributed by atoms with Crippen LogP contribution >= 0.6 is 22.9 Å². The van der Waals surface area contributed by atoms with Gasteiger partial charge in [0.05, 0.1) is 4.70 Å². The van der Waals surface area contributed by atoms with Crippen molar-refractivity contribution in [1.29, 1.82) is 0 Å². The molecule has 72 valence electrons. The van der Waals surface area contributed by atoms with Gasteiger partial charge < -0.3 is 5.11 Å². The van der Waals surface area contributed by atoms with Crippen LogP contribution in [0.25, 0.3) is 10.1 Å². The van der Waals surface area contributed by atoms with Crippen LogP contribution in [0.15, 0.2) is 17.5 Å². The number of phenols is 1. The average Bonchev–Trinajstić information content (AvgIpc) is 2.63. The van der Waals surface area contributed by atoms with Gasteiger partial charge >= 0.3 is 0 Å². The predicted molar refractivity (Wildman–Crippen MR) is 58.4 cm³/mol. The van der Waals surface area contributed by atoms with E-state index in [1.807, 2.05) is 5.38 Å². The molecule has 1 aromatic carbocycles. The van der Waals surface area contributed by atoms with Gasteiger partial charge in [0.25, 0.3) is 0 Å². The number of phenolic OH excluding ortho intramolecular Hbond substituents is 1. The van der Waals surface area contributed by atoms with Crippen molar-refractivity contribution in [2.75, 3.05) is 0 Å². The summed E-state index contributed by atoms with van der Waals surface area (Å²) in [5.41, 5.74) is 1.47. The van der Waals surface area contributed by atoms with E-state index in [4.69, 9.17) is 11.6 Å². The summed E-state index contributed by atoms with van der Waals surface area (Å²) in [6.45, 7) is 0. The third-order valence-electron chi connectivity index (χ3n) is 2.08. The van der Waals surface area contributed by atoms with Gasteiger partial charge in [-0.25, -0.2) is 0 Å². The lowest BCUT2D eigenvalue weighted by Crippen LogP contribution is -1.83. The molecule has 2 rings (SSSR count). The average molecular weight is 227 g/mol. The third kappa shape index (κ3) is 1.29. The molecule has 2 nitrogen and oxygen atoms in total. The van der Waals surface area contributed by atoms with Crippen molar-refractivity contribution in [2.24, 2.45) is 0 Å². The lowest BCUT2D eigenvalue weighted by molar-refractivity contribution is 0.112. The fraction of sp³-hybridized carbons (Fsp3) is 0.100. The van der Waals surface area contributed by atoms with Gasteiger partial charge in [0.1, 0.15) is 5.75 Å². The maximum Gasteiger partial charge on any atom is 0.150 e. The SMILES string of the molecule is O=Cc1ccc(O)c2scc(CCl)c12. The normalized spacial score (nSPS) is 10.6. The van der Waals surface area contributed by atoms with Gasteiger partial charge in [-0.2, -0.15) is 0 Å².